The first-order chi connectivity index (χ1) is 8.31. The van der Waals surface area contributed by atoms with Crippen LogP contribution in [0.5, 0.6) is 0 Å². The Balaban J connectivity index is 2.20. The summed E-state index contributed by atoms with van der Waals surface area (Å²) >= 11 is 2.20. The van der Waals surface area contributed by atoms with Gasteiger partial charge in [-0.15, -0.1) is 0 Å². The van der Waals surface area contributed by atoms with E-state index in [1.54, 1.807) is 18.3 Å². The van der Waals surface area contributed by atoms with E-state index >= 15 is 0 Å². The van der Waals surface area contributed by atoms with E-state index in [1.807, 2.05) is 30.3 Å². The summed E-state index contributed by atoms with van der Waals surface area (Å²) in [4.78, 5) is 16.2. The van der Waals surface area contributed by atoms with Gasteiger partial charge in [0.15, 0.2) is 0 Å². The highest BCUT2D eigenvalue weighted by atomic mass is 127. The van der Waals surface area contributed by atoms with Crippen molar-refractivity contribution in [3.05, 3.63) is 59.9 Å². The summed E-state index contributed by atoms with van der Waals surface area (Å²) in [6.07, 6.45) is 1.70. The van der Waals surface area contributed by atoms with Crippen molar-refractivity contribution in [2.75, 3.05) is 5.32 Å². The highest BCUT2D eigenvalue weighted by molar-refractivity contribution is 14.1. The fourth-order valence-corrected chi connectivity index (χ4v) is 2.08. The number of aromatic nitrogens is 1. The number of amides is 1. The minimum atomic E-state index is -0.115. The number of benzene rings is 1. The second kappa shape index (κ2) is 5.77. The summed E-state index contributed by atoms with van der Waals surface area (Å²) in [5.74, 6) is -0.115. The number of para-hydroxylation sites is 1. The zero-order chi connectivity index (χ0) is 12.1. The molecule has 2 aromatic rings. The predicted molar refractivity (Wildman–Crippen MR) is 76.4 cm³/mol. The van der Waals surface area contributed by atoms with Crippen LogP contribution in [-0.2, 0) is 4.43 Å². The van der Waals surface area contributed by atoms with E-state index in [0.29, 0.717) is 5.56 Å². The molecule has 0 saturated carbocycles. The van der Waals surface area contributed by atoms with E-state index in [0.717, 1.165) is 15.8 Å². The van der Waals surface area contributed by atoms with Crippen LogP contribution in [-0.4, -0.2) is 10.9 Å². The number of halogens is 1. The molecule has 0 spiro atoms. The minimum absolute atomic E-state index is 0.115. The van der Waals surface area contributed by atoms with Crippen LogP contribution >= 0.6 is 22.6 Å². The van der Waals surface area contributed by atoms with E-state index in [9.17, 15) is 4.79 Å². The molecule has 4 heteroatoms. The normalized spacial score (nSPS) is 9.94. The van der Waals surface area contributed by atoms with Gasteiger partial charge in [0.25, 0.3) is 5.91 Å². The van der Waals surface area contributed by atoms with Gasteiger partial charge in [0.2, 0.25) is 0 Å². The Hall–Kier alpha value is -1.43. The van der Waals surface area contributed by atoms with Gasteiger partial charge in [-0.3, -0.25) is 9.78 Å². The summed E-state index contributed by atoms with van der Waals surface area (Å²) in [7, 11) is 0. The molecule has 3 nitrogen and oxygen atoms in total. The Bertz CT molecular complexity index is 514. The molecular formula is C13H11IN2O. The van der Waals surface area contributed by atoms with Crippen LogP contribution in [0.15, 0.2) is 48.7 Å². The number of alkyl halides is 1. The van der Waals surface area contributed by atoms with Gasteiger partial charge in [-0.05, 0) is 24.3 Å². The number of carbonyl (C=O) groups excluding carboxylic acids is 1. The van der Waals surface area contributed by atoms with Crippen molar-refractivity contribution < 1.29 is 4.79 Å². The molecule has 1 aromatic carbocycles. The van der Waals surface area contributed by atoms with Gasteiger partial charge in [0.05, 0.1) is 11.3 Å². The second-order valence-electron chi connectivity index (χ2n) is 3.45. The lowest BCUT2D eigenvalue weighted by atomic mass is 10.2. The average molecular weight is 338 g/mol. The van der Waals surface area contributed by atoms with Crippen molar-refractivity contribution in [3.8, 4) is 0 Å². The van der Waals surface area contributed by atoms with Crippen LogP contribution in [0, 0.1) is 0 Å². The predicted octanol–water partition coefficient (Wildman–Crippen LogP) is 3.27. The maximum absolute atomic E-state index is 12.0. The molecule has 0 unspecified atom stereocenters. The molecule has 1 heterocycles. The average Bonchev–Trinajstić information content (AvgIpc) is 2.40. The number of nitrogens with zero attached hydrogens (tertiary/aromatic N) is 1. The van der Waals surface area contributed by atoms with Crippen molar-refractivity contribution >= 4 is 34.2 Å². The third-order valence-electron chi connectivity index (χ3n) is 2.29. The Kier molecular flexibility index (Phi) is 4.08. The van der Waals surface area contributed by atoms with Crippen LogP contribution in [0.3, 0.4) is 0 Å². The molecule has 0 atom stereocenters. The van der Waals surface area contributed by atoms with Crippen LogP contribution < -0.4 is 5.32 Å². The van der Waals surface area contributed by atoms with Gasteiger partial charge in [0, 0.05) is 16.3 Å². The molecule has 1 amide bonds. The molecule has 0 fully saturated rings. The molecular weight excluding hydrogens is 327 g/mol. The largest absolute Gasteiger partial charge is 0.322 e. The Morgan fingerprint density at radius 1 is 1.18 bits per heavy atom. The lowest BCUT2D eigenvalue weighted by Gasteiger charge is -2.07. The van der Waals surface area contributed by atoms with Crippen LogP contribution in [0.25, 0.3) is 0 Å². The van der Waals surface area contributed by atoms with Gasteiger partial charge >= 0.3 is 0 Å². The van der Waals surface area contributed by atoms with Gasteiger partial charge in [-0.25, -0.2) is 0 Å². The minimum Gasteiger partial charge on any atom is -0.322 e. The van der Waals surface area contributed by atoms with Gasteiger partial charge in [0.1, 0.15) is 0 Å². The fourth-order valence-electron chi connectivity index (χ4n) is 1.47. The zero-order valence-corrected chi connectivity index (χ0v) is 11.2. The first-order valence-electron chi connectivity index (χ1n) is 5.17. The molecule has 0 aliphatic carbocycles. The van der Waals surface area contributed by atoms with Crippen LogP contribution in [0.2, 0.25) is 0 Å². The van der Waals surface area contributed by atoms with Crippen molar-refractivity contribution in [1.29, 1.82) is 0 Å². The van der Waals surface area contributed by atoms with Crippen molar-refractivity contribution in [2.24, 2.45) is 0 Å². The second-order valence-corrected chi connectivity index (χ2v) is 4.21. The van der Waals surface area contributed by atoms with Gasteiger partial charge in [-0.1, -0.05) is 40.8 Å². The molecule has 86 valence electrons. The SMILES string of the molecule is O=C(Nc1ccccc1)c1cccnc1CI. The fraction of sp³-hybridized carbons (Fsp3) is 0.0769. The molecule has 1 N–H and O–H groups in total. The maximum atomic E-state index is 12.0. The first kappa shape index (κ1) is 12.0. The highest BCUT2D eigenvalue weighted by Crippen LogP contribution is 2.13. The summed E-state index contributed by atoms with van der Waals surface area (Å²) in [5, 5.41) is 2.85. The summed E-state index contributed by atoms with van der Waals surface area (Å²) in [6, 6.07) is 13.0. The molecule has 0 radical (unpaired) electrons. The lowest BCUT2D eigenvalue weighted by Crippen LogP contribution is -2.14. The number of hydrogen-bond acceptors (Lipinski definition) is 2. The Morgan fingerprint density at radius 2 is 1.94 bits per heavy atom. The third-order valence-corrected chi connectivity index (χ3v) is 3.02. The monoisotopic (exact) mass is 338 g/mol. The van der Waals surface area contributed by atoms with Crippen LogP contribution in [0.1, 0.15) is 16.1 Å². The van der Waals surface area contributed by atoms with E-state index in [4.69, 9.17) is 0 Å². The van der Waals surface area contributed by atoms with Crippen molar-refractivity contribution in [3.63, 3.8) is 0 Å². The number of nitrogens with one attached hydrogen (secondary N) is 1. The molecule has 0 bridgehead atoms. The van der Waals surface area contributed by atoms with E-state index in [-0.39, 0.29) is 5.91 Å². The number of rotatable bonds is 3. The Labute approximate surface area is 113 Å². The Morgan fingerprint density at radius 3 is 2.65 bits per heavy atom. The molecule has 1 aromatic heterocycles. The molecule has 17 heavy (non-hydrogen) atoms. The summed E-state index contributed by atoms with van der Waals surface area (Å²) in [6.45, 7) is 0. The molecule has 0 aliphatic heterocycles. The van der Waals surface area contributed by atoms with Crippen molar-refractivity contribution in [2.45, 2.75) is 4.43 Å². The summed E-state index contributed by atoms with van der Waals surface area (Å²) in [5.41, 5.74) is 2.23. The maximum Gasteiger partial charge on any atom is 0.257 e. The number of anilines is 1. The number of carbonyl (C=O) groups is 1. The quantitative estimate of drug-likeness (QED) is 0.689. The molecule has 0 aliphatic rings. The standard InChI is InChI=1S/C13H11IN2O/c14-9-12-11(7-4-8-15-12)13(17)16-10-5-2-1-3-6-10/h1-8H,9H2,(H,16,17). The van der Waals surface area contributed by atoms with E-state index in [1.165, 1.54) is 0 Å². The number of pyridine rings is 1. The lowest BCUT2D eigenvalue weighted by molar-refractivity contribution is 0.102. The molecule has 2 rings (SSSR count). The van der Waals surface area contributed by atoms with E-state index in [2.05, 4.69) is 32.9 Å². The van der Waals surface area contributed by atoms with Gasteiger partial charge < -0.3 is 5.32 Å². The zero-order valence-electron chi connectivity index (χ0n) is 9.06. The first-order valence-corrected chi connectivity index (χ1v) is 6.70. The van der Waals surface area contributed by atoms with Crippen molar-refractivity contribution in [1.82, 2.24) is 4.98 Å². The number of hydrogen-bond donors (Lipinski definition) is 1. The molecule has 0 saturated heterocycles. The highest BCUT2D eigenvalue weighted by Gasteiger charge is 2.10. The topological polar surface area (TPSA) is 42.0 Å². The smallest absolute Gasteiger partial charge is 0.257 e. The van der Waals surface area contributed by atoms with Gasteiger partial charge in [-0.2, -0.15) is 0 Å². The third kappa shape index (κ3) is 3.03. The summed E-state index contributed by atoms with van der Waals surface area (Å²) < 4.78 is 0.718. The van der Waals surface area contributed by atoms with E-state index < -0.39 is 0 Å². The van der Waals surface area contributed by atoms with Crippen LogP contribution in [0.4, 0.5) is 5.69 Å².